The molecule has 1 rings (SSSR count). The van der Waals surface area contributed by atoms with Crippen LogP contribution in [-0.2, 0) is 14.3 Å². The number of Topliss-reactive ketones (excluding diaryl/α,β-unsaturated/α-hetero) is 1. The number of ketones is 1. The maximum absolute atomic E-state index is 12.1. The fourth-order valence-corrected chi connectivity index (χ4v) is 2.54. The number of rotatable bonds is 4. The van der Waals surface area contributed by atoms with Crippen molar-refractivity contribution in [2.24, 2.45) is 5.41 Å². The summed E-state index contributed by atoms with van der Waals surface area (Å²) in [7, 11) is 0. The van der Waals surface area contributed by atoms with Gasteiger partial charge in [0.25, 0.3) is 0 Å². The SMILES string of the molecule is CCN1CC(C)(C)OC(=O)C1CC(=O)CC(C)(C)C. The van der Waals surface area contributed by atoms with Gasteiger partial charge in [-0.2, -0.15) is 0 Å². The van der Waals surface area contributed by atoms with Crippen molar-refractivity contribution in [3.8, 4) is 0 Å². The fraction of sp³-hybridized carbons (Fsp3) is 0.867. The first-order chi connectivity index (χ1) is 8.54. The number of carbonyl (C=O) groups is 2. The highest BCUT2D eigenvalue weighted by atomic mass is 16.6. The summed E-state index contributed by atoms with van der Waals surface area (Å²) < 4.78 is 5.42. The first kappa shape index (κ1) is 16.2. The van der Waals surface area contributed by atoms with Crippen molar-refractivity contribution in [1.29, 1.82) is 0 Å². The van der Waals surface area contributed by atoms with Gasteiger partial charge in [-0.25, -0.2) is 0 Å². The third-order valence-electron chi connectivity index (χ3n) is 3.23. The molecule has 0 bridgehead atoms. The number of hydrogen-bond donors (Lipinski definition) is 0. The number of nitrogens with zero attached hydrogens (tertiary/aromatic N) is 1. The number of morpholine rings is 1. The summed E-state index contributed by atoms with van der Waals surface area (Å²) in [6, 6.07) is -0.409. The summed E-state index contributed by atoms with van der Waals surface area (Å²) in [6.07, 6.45) is 0.762. The van der Waals surface area contributed by atoms with E-state index in [1.165, 1.54) is 0 Å². The minimum absolute atomic E-state index is 0.0357. The van der Waals surface area contributed by atoms with Crippen LogP contribution in [0, 0.1) is 5.41 Å². The van der Waals surface area contributed by atoms with E-state index in [1.807, 2.05) is 46.4 Å². The molecular formula is C15H27NO3. The molecule has 0 aromatic carbocycles. The molecule has 110 valence electrons. The molecule has 0 amide bonds. The van der Waals surface area contributed by atoms with Crippen molar-refractivity contribution >= 4 is 11.8 Å². The topological polar surface area (TPSA) is 46.6 Å². The summed E-state index contributed by atoms with van der Waals surface area (Å²) in [4.78, 5) is 26.2. The van der Waals surface area contributed by atoms with E-state index in [2.05, 4.69) is 0 Å². The van der Waals surface area contributed by atoms with Gasteiger partial charge in [0.05, 0.1) is 0 Å². The Bertz CT molecular complexity index is 355. The van der Waals surface area contributed by atoms with Crippen molar-refractivity contribution in [3.05, 3.63) is 0 Å². The van der Waals surface area contributed by atoms with Crippen molar-refractivity contribution in [2.45, 2.75) is 66.0 Å². The van der Waals surface area contributed by atoms with Gasteiger partial charge in [-0.1, -0.05) is 27.7 Å². The highest BCUT2D eigenvalue weighted by Gasteiger charge is 2.40. The zero-order valence-corrected chi connectivity index (χ0v) is 13.1. The summed E-state index contributed by atoms with van der Waals surface area (Å²) in [5, 5.41) is 0. The number of esters is 1. The summed E-state index contributed by atoms with van der Waals surface area (Å²) in [6.45, 7) is 13.4. The molecule has 1 aliphatic rings. The molecule has 1 heterocycles. The third-order valence-corrected chi connectivity index (χ3v) is 3.23. The van der Waals surface area contributed by atoms with Crippen molar-refractivity contribution in [1.82, 2.24) is 4.90 Å². The summed E-state index contributed by atoms with van der Waals surface area (Å²) >= 11 is 0. The number of hydrogen-bond acceptors (Lipinski definition) is 4. The smallest absolute Gasteiger partial charge is 0.324 e. The highest BCUT2D eigenvalue weighted by molar-refractivity contribution is 5.87. The fourth-order valence-electron chi connectivity index (χ4n) is 2.54. The minimum atomic E-state index is -0.462. The molecule has 0 aliphatic carbocycles. The van der Waals surface area contributed by atoms with Crippen LogP contribution >= 0.6 is 0 Å². The van der Waals surface area contributed by atoms with Gasteiger partial charge in [-0.05, 0) is 25.8 Å². The zero-order valence-electron chi connectivity index (χ0n) is 13.1. The van der Waals surface area contributed by atoms with E-state index in [0.717, 1.165) is 6.54 Å². The lowest BCUT2D eigenvalue weighted by atomic mass is 9.87. The van der Waals surface area contributed by atoms with Gasteiger partial charge in [0.2, 0.25) is 0 Å². The molecule has 1 saturated heterocycles. The van der Waals surface area contributed by atoms with E-state index in [9.17, 15) is 9.59 Å². The minimum Gasteiger partial charge on any atom is -0.457 e. The van der Waals surface area contributed by atoms with E-state index in [0.29, 0.717) is 13.0 Å². The van der Waals surface area contributed by atoms with E-state index in [1.54, 1.807) is 0 Å². The largest absolute Gasteiger partial charge is 0.457 e. The quantitative estimate of drug-likeness (QED) is 0.735. The van der Waals surface area contributed by atoms with Gasteiger partial charge < -0.3 is 4.74 Å². The average molecular weight is 269 g/mol. The molecular weight excluding hydrogens is 242 g/mol. The lowest BCUT2D eigenvalue weighted by Crippen LogP contribution is -2.57. The highest BCUT2D eigenvalue weighted by Crippen LogP contribution is 2.26. The van der Waals surface area contributed by atoms with Crippen LogP contribution in [0.3, 0.4) is 0 Å². The molecule has 4 heteroatoms. The second kappa shape index (κ2) is 5.61. The first-order valence-corrected chi connectivity index (χ1v) is 7.03. The van der Waals surface area contributed by atoms with Gasteiger partial charge in [0, 0.05) is 19.4 Å². The van der Waals surface area contributed by atoms with E-state index < -0.39 is 11.6 Å². The Morgan fingerprint density at radius 1 is 1.42 bits per heavy atom. The van der Waals surface area contributed by atoms with E-state index in [4.69, 9.17) is 4.74 Å². The predicted molar refractivity (Wildman–Crippen MR) is 74.9 cm³/mol. The molecule has 0 aromatic heterocycles. The number of likely N-dealkylation sites (N-methyl/N-ethyl adjacent to an activating group) is 1. The molecule has 4 nitrogen and oxygen atoms in total. The van der Waals surface area contributed by atoms with Gasteiger partial charge in [0.15, 0.2) is 0 Å². The molecule has 0 radical (unpaired) electrons. The first-order valence-electron chi connectivity index (χ1n) is 7.03. The van der Waals surface area contributed by atoms with Crippen molar-refractivity contribution in [3.63, 3.8) is 0 Å². The van der Waals surface area contributed by atoms with Gasteiger partial charge in [-0.3, -0.25) is 14.5 Å². The number of ether oxygens (including phenoxy) is 1. The lowest BCUT2D eigenvalue weighted by molar-refractivity contribution is -0.178. The zero-order chi connectivity index (χ0) is 14.8. The molecule has 19 heavy (non-hydrogen) atoms. The van der Waals surface area contributed by atoms with Crippen LogP contribution in [0.1, 0.15) is 54.4 Å². The maximum atomic E-state index is 12.1. The van der Waals surface area contributed by atoms with Crippen LogP contribution in [0.5, 0.6) is 0 Å². The summed E-state index contributed by atoms with van der Waals surface area (Å²) in [5.41, 5.74) is -0.497. The van der Waals surface area contributed by atoms with Crippen molar-refractivity contribution in [2.75, 3.05) is 13.1 Å². The predicted octanol–water partition coefficient (Wildman–Crippen LogP) is 2.41. The number of cyclic esters (lactones) is 1. The molecule has 1 aliphatic heterocycles. The molecule has 0 aromatic rings. The average Bonchev–Trinajstić information content (AvgIpc) is 2.18. The van der Waals surface area contributed by atoms with Crippen molar-refractivity contribution < 1.29 is 14.3 Å². The standard InChI is InChI=1S/C15H27NO3/c1-7-16-10-15(5,6)19-13(18)12(16)8-11(17)9-14(2,3)4/h12H,7-10H2,1-6H3. The second-order valence-corrected chi connectivity index (χ2v) is 7.24. The molecule has 0 N–H and O–H groups in total. The van der Waals surface area contributed by atoms with E-state index >= 15 is 0 Å². The number of carbonyl (C=O) groups excluding carboxylic acids is 2. The maximum Gasteiger partial charge on any atom is 0.324 e. The molecule has 1 unspecified atom stereocenters. The van der Waals surface area contributed by atoms with Crippen LogP contribution in [0.15, 0.2) is 0 Å². The van der Waals surface area contributed by atoms with Crippen LogP contribution in [0.4, 0.5) is 0 Å². The van der Waals surface area contributed by atoms with E-state index in [-0.39, 0.29) is 23.6 Å². The Morgan fingerprint density at radius 3 is 2.47 bits per heavy atom. The Labute approximate surface area is 116 Å². The summed E-state index contributed by atoms with van der Waals surface area (Å²) in [5.74, 6) is -0.132. The molecule has 0 spiro atoms. The second-order valence-electron chi connectivity index (χ2n) is 7.24. The van der Waals surface area contributed by atoms with Crippen LogP contribution in [0.2, 0.25) is 0 Å². The Hall–Kier alpha value is -0.900. The Balaban J connectivity index is 2.71. The monoisotopic (exact) mass is 269 g/mol. The van der Waals surface area contributed by atoms with Gasteiger partial charge in [0.1, 0.15) is 17.4 Å². The van der Waals surface area contributed by atoms with Crippen LogP contribution in [-0.4, -0.2) is 41.4 Å². The van der Waals surface area contributed by atoms with Gasteiger partial charge in [-0.15, -0.1) is 0 Å². The normalized spacial score (nSPS) is 24.1. The third kappa shape index (κ3) is 4.94. The molecule has 1 fully saturated rings. The van der Waals surface area contributed by atoms with Crippen LogP contribution in [0.25, 0.3) is 0 Å². The lowest BCUT2D eigenvalue weighted by Gasteiger charge is -2.42. The van der Waals surface area contributed by atoms with Crippen LogP contribution < -0.4 is 0 Å². The van der Waals surface area contributed by atoms with Gasteiger partial charge >= 0.3 is 5.97 Å². The Morgan fingerprint density at radius 2 is 2.00 bits per heavy atom. The molecule has 0 saturated carbocycles. The molecule has 1 atom stereocenters. The Kier molecular flexibility index (Phi) is 4.77.